The summed E-state index contributed by atoms with van der Waals surface area (Å²) < 4.78 is 35.4. The van der Waals surface area contributed by atoms with Gasteiger partial charge in [0.2, 0.25) is 22.7 Å². The third-order valence-corrected chi connectivity index (χ3v) is 5.90. The minimum absolute atomic E-state index is 0.134. The number of ether oxygens (including phenoxy) is 2. The molecule has 1 amide bonds. The molecule has 0 spiro atoms. The summed E-state index contributed by atoms with van der Waals surface area (Å²) in [6.45, 7) is 7.20. The van der Waals surface area contributed by atoms with E-state index >= 15 is 0 Å². The highest BCUT2D eigenvalue weighted by molar-refractivity contribution is 7.88. The van der Waals surface area contributed by atoms with Crippen molar-refractivity contribution < 1.29 is 22.7 Å². The monoisotopic (exact) mass is 395 g/mol. The molecule has 0 aromatic heterocycles. The first kappa shape index (κ1) is 19.7. The lowest BCUT2D eigenvalue weighted by Gasteiger charge is -2.35. The SMILES string of the molecule is C=CCN(CC(=O)N1CCN(Cc2ccc3c(c2)OCO3)CC1)S(C)(=O)=O. The highest BCUT2D eigenvalue weighted by Gasteiger charge is 2.26. The summed E-state index contributed by atoms with van der Waals surface area (Å²) in [7, 11) is -3.44. The molecule has 2 aliphatic rings. The maximum atomic E-state index is 12.5. The van der Waals surface area contributed by atoms with Crippen LogP contribution < -0.4 is 9.47 Å². The standard InChI is InChI=1S/C18H25N3O5S/c1-3-6-21(27(2,23)24)13-18(22)20-9-7-19(8-10-20)12-15-4-5-16-17(11-15)26-14-25-16/h3-5,11H,1,6-10,12-14H2,2H3. The van der Waals surface area contributed by atoms with Crippen LogP contribution in [0.25, 0.3) is 0 Å². The van der Waals surface area contributed by atoms with E-state index in [-0.39, 0.29) is 25.8 Å². The molecule has 8 nitrogen and oxygen atoms in total. The number of fused-ring (bicyclic) bond motifs is 1. The normalized spacial score (nSPS) is 17.3. The van der Waals surface area contributed by atoms with Gasteiger partial charge in [0.05, 0.1) is 12.8 Å². The van der Waals surface area contributed by atoms with E-state index in [0.717, 1.165) is 47.3 Å². The van der Waals surface area contributed by atoms with Crippen LogP contribution in [0.1, 0.15) is 5.56 Å². The number of carbonyl (C=O) groups excluding carboxylic acids is 1. The minimum atomic E-state index is -3.44. The molecule has 0 aliphatic carbocycles. The summed E-state index contributed by atoms with van der Waals surface area (Å²) in [6.07, 6.45) is 2.59. The van der Waals surface area contributed by atoms with Crippen molar-refractivity contribution in [3.63, 3.8) is 0 Å². The summed E-state index contributed by atoms with van der Waals surface area (Å²) in [5.41, 5.74) is 1.13. The lowest BCUT2D eigenvalue weighted by Crippen LogP contribution is -2.51. The second-order valence-electron chi connectivity index (χ2n) is 6.69. The molecular weight excluding hydrogens is 370 g/mol. The number of sulfonamides is 1. The van der Waals surface area contributed by atoms with E-state index in [1.54, 1.807) is 4.90 Å². The van der Waals surface area contributed by atoms with Gasteiger partial charge in [0, 0.05) is 39.3 Å². The van der Waals surface area contributed by atoms with Gasteiger partial charge >= 0.3 is 0 Å². The molecule has 0 radical (unpaired) electrons. The van der Waals surface area contributed by atoms with Crippen molar-refractivity contribution in [3.05, 3.63) is 36.4 Å². The Morgan fingerprint density at radius 3 is 2.59 bits per heavy atom. The van der Waals surface area contributed by atoms with E-state index < -0.39 is 10.0 Å². The first-order chi connectivity index (χ1) is 12.9. The molecule has 0 unspecified atom stereocenters. The fourth-order valence-electron chi connectivity index (χ4n) is 3.16. The van der Waals surface area contributed by atoms with Crippen LogP contribution in [-0.2, 0) is 21.4 Å². The zero-order chi connectivity index (χ0) is 19.4. The molecule has 1 aromatic rings. The van der Waals surface area contributed by atoms with Crippen molar-refractivity contribution in [1.29, 1.82) is 0 Å². The maximum Gasteiger partial charge on any atom is 0.237 e. The molecule has 27 heavy (non-hydrogen) atoms. The van der Waals surface area contributed by atoms with Crippen LogP contribution in [0.2, 0.25) is 0 Å². The predicted octanol–water partition coefficient (Wildman–Crippen LogP) is 0.507. The van der Waals surface area contributed by atoms with Gasteiger partial charge in [0.1, 0.15) is 0 Å². The van der Waals surface area contributed by atoms with Crippen LogP contribution >= 0.6 is 0 Å². The molecular formula is C18H25N3O5S. The van der Waals surface area contributed by atoms with E-state index in [1.807, 2.05) is 18.2 Å². The maximum absolute atomic E-state index is 12.5. The molecule has 0 N–H and O–H groups in total. The molecule has 1 saturated heterocycles. The average Bonchev–Trinajstić information content (AvgIpc) is 3.09. The molecule has 9 heteroatoms. The van der Waals surface area contributed by atoms with Crippen molar-refractivity contribution >= 4 is 15.9 Å². The molecule has 1 aromatic carbocycles. The lowest BCUT2D eigenvalue weighted by molar-refractivity contribution is -0.133. The van der Waals surface area contributed by atoms with Crippen molar-refractivity contribution in [2.45, 2.75) is 6.54 Å². The Bertz CT molecular complexity index is 803. The van der Waals surface area contributed by atoms with Crippen LogP contribution in [0.3, 0.4) is 0 Å². The van der Waals surface area contributed by atoms with Gasteiger partial charge in [-0.25, -0.2) is 8.42 Å². The van der Waals surface area contributed by atoms with Crippen LogP contribution in [0, 0.1) is 0 Å². The average molecular weight is 395 g/mol. The summed E-state index contributed by atoms with van der Waals surface area (Å²) in [4.78, 5) is 16.4. The van der Waals surface area contributed by atoms with E-state index in [9.17, 15) is 13.2 Å². The molecule has 0 bridgehead atoms. The zero-order valence-corrected chi connectivity index (χ0v) is 16.3. The summed E-state index contributed by atoms with van der Waals surface area (Å²) in [6, 6.07) is 5.92. The number of carbonyl (C=O) groups is 1. The molecule has 2 aliphatic heterocycles. The first-order valence-electron chi connectivity index (χ1n) is 8.81. The lowest BCUT2D eigenvalue weighted by atomic mass is 10.1. The Kier molecular flexibility index (Phi) is 6.03. The number of nitrogens with zero attached hydrogens (tertiary/aromatic N) is 3. The van der Waals surface area contributed by atoms with Gasteiger partial charge in [-0.15, -0.1) is 6.58 Å². The number of benzene rings is 1. The highest BCUT2D eigenvalue weighted by Crippen LogP contribution is 2.32. The Labute approximate surface area is 160 Å². The number of hydrogen-bond donors (Lipinski definition) is 0. The Hall–Kier alpha value is -2.10. The van der Waals surface area contributed by atoms with Gasteiger partial charge in [-0.05, 0) is 17.7 Å². The number of rotatable bonds is 7. The van der Waals surface area contributed by atoms with Crippen molar-refractivity contribution in [1.82, 2.24) is 14.1 Å². The van der Waals surface area contributed by atoms with Gasteiger partial charge in [0.15, 0.2) is 11.5 Å². The van der Waals surface area contributed by atoms with Gasteiger partial charge in [0.25, 0.3) is 0 Å². The van der Waals surface area contributed by atoms with Crippen LogP contribution in [0.15, 0.2) is 30.9 Å². The molecule has 148 valence electrons. The topological polar surface area (TPSA) is 79.4 Å². The van der Waals surface area contributed by atoms with Crippen LogP contribution in [0.5, 0.6) is 11.5 Å². The van der Waals surface area contributed by atoms with E-state index in [2.05, 4.69) is 11.5 Å². The van der Waals surface area contributed by atoms with Gasteiger partial charge in [-0.1, -0.05) is 12.1 Å². The molecule has 2 heterocycles. The largest absolute Gasteiger partial charge is 0.454 e. The summed E-state index contributed by atoms with van der Waals surface area (Å²) in [5.74, 6) is 1.36. The highest BCUT2D eigenvalue weighted by atomic mass is 32.2. The van der Waals surface area contributed by atoms with Gasteiger partial charge in [-0.2, -0.15) is 4.31 Å². The van der Waals surface area contributed by atoms with E-state index in [1.165, 1.54) is 6.08 Å². The molecule has 3 rings (SSSR count). The zero-order valence-electron chi connectivity index (χ0n) is 15.5. The predicted molar refractivity (Wildman–Crippen MR) is 101 cm³/mol. The molecule has 0 saturated carbocycles. The minimum Gasteiger partial charge on any atom is -0.454 e. The second kappa shape index (κ2) is 8.28. The Morgan fingerprint density at radius 1 is 1.22 bits per heavy atom. The Morgan fingerprint density at radius 2 is 1.93 bits per heavy atom. The third-order valence-electron chi connectivity index (χ3n) is 4.68. The van der Waals surface area contributed by atoms with Crippen LogP contribution in [0.4, 0.5) is 0 Å². The third kappa shape index (κ3) is 5.00. The first-order valence-corrected chi connectivity index (χ1v) is 10.7. The molecule has 0 atom stereocenters. The van der Waals surface area contributed by atoms with Crippen molar-refractivity contribution in [2.75, 3.05) is 52.3 Å². The van der Waals surface area contributed by atoms with Gasteiger partial charge in [-0.3, -0.25) is 9.69 Å². The van der Waals surface area contributed by atoms with E-state index in [0.29, 0.717) is 13.1 Å². The van der Waals surface area contributed by atoms with Crippen LogP contribution in [-0.4, -0.2) is 80.7 Å². The second-order valence-corrected chi connectivity index (χ2v) is 8.67. The summed E-state index contributed by atoms with van der Waals surface area (Å²) >= 11 is 0. The summed E-state index contributed by atoms with van der Waals surface area (Å²) in [5, 5.41) is 0. The number of piperazine rings is 1. The fraction of sp³-hybridized carbons (Fsp3) is 0.500. The molecule has 1 fully saturated rings. The fourth-order valence-corrected chi connectivity index (χ4v) is 3.89. The Balaban J connectivity index is 1.51. The van der Waals surface area contributed by atoms with Gasteiger partial charge < -0.3 is 14.4 Å². The van der Waals surface area contributed by atoms with Crippen molar-refractivity contribution in [2.24, 2.45) is 0 Å². The number of hydrogen-bond acceptors (Lipinski definition) is 6. The smallest absolute Gasteiger partial charge is 0.237 e. The van der Waals surface area contributed by atoms with E-state index in [4.69, 9.17) is 9.47 Å². The van der Waals surface area contributed by atoms with Crippen molar-refractivity contribution in [3.8, 4) is 11.5 Å². The quantitative estimate of drug-likeness (QED) is 0.626. The number of amides is 1.